The van der Waals surface area contributed by atoms with E-state index in [2.05, 4.69) is 5.32 Å². The maximum absolute atomic E-state index is 11.6. The number of aliphatic carboxylic acids is 1. The Hall–Kier alpha value is -1.14. The quantitative estimate of drug-likeness (QED) is 0.574. The number of rotatable bonds is 5. The lowest BCUT2D eigenvalue weighted by Crippen LogP contribution is -2.50. The van der Waals surface area contributed by atoms with E-state index in [0.717, 1.165) is 6.54 Å². The van der Waals surface area contributed by atoms with Gasteiger partial charge in [-0.05, 0) is 25.2 Å². The Morgan fingerprint density at radius 1 is 1.47 bits per heavy atom. The molecule has 1 aliphatic heterocycles. The number of carboxylic acids is 1. The molecule has 1 saturated heterocycles. The molecule has 0 aromatic carbocycles. The van der Waals surface area contributed by atoms with Crippen molar-refractivity contribution < 1.29 is 14.7 Å². The fourth-order valence-corrected chi connectivity index (χ4v) is 2.06. The van der Waals surface area contributed by atoms with Crippen molar-refractivity contribution in [2.75, 3.05) is 26.2 Å². The van der Waals surface area contributed by atoms with Gasteiger partial charge in [0.1, 0.15) is 5.54 Å². The van der Waals surface area contributed by atoms with Crippen LogP contribution in [0.25, 0.3) is 0 Å². The molecular weight excluding hydrogens is 222 g/mol. The predicted octanol–water partition coefficient (Wildman–Crippen LogP) is -1.000. The number of nitrogens with two attached hydrogens (primary N) is 1. The summed E-state index contributed by atoms with van der Waals surface area (Å²) in [5, 5.41) is 11.8. The molecule has 1 atom stereocenters. The summed E-state index contributed by atoms with van der Waals surface area (Å²) in [6.07, 6.45) is 2.81. The van der Waals surface area contributed by atoms with Crippen LogP contribution >= 0.6 is 0 Å². The van der Waals surface area contributed by atoms with Crippen LogP contribution in [0.5, 0.6) is 0 Å². The minimum absolute atomic E-state index is 0.0356. The normalized spacial score (nSPS) is 29.2. The summed E-state index contributed by atoms with van der Waals surface area (Å²) >= 11 is 0. The fraction of sp³-hybridized carbons (Fsp3) is 0.818. The molecule has 1 unspecified atom stereocenters. The van der Waals surface area contributed by atoms with Gasteiger partial charge in [-0.1, -0.05) is 0 Å². The Balaban J connectivity index is 1.72. The third kappa shape index (κ3) is 3.17. The van der Waals surface area contributed by atoms with E-state index in [0.29, 0.717) is 18.9 Å². The second-order valence-corrected chi connectivity index (χ2v) is 5.17. The average molecular weight is 241 g/mol. The third-order valence-electron chi connectivity index (χ3n) is 3.46. The molecule has 2 fully saturated rings. The lowest BCUT2D eigenvalue weighted by molar-refractivity contribution is -0.143. The molecular formula is C11H19N3O3. The van der Waals surface area contributed by atoms with Gasteiger partial charge < -0.3 is 16.2 Å². The van der Waals surface area contributed by atoms with Crippen LogP contribution in [0.1, 0.15) is 19.3 Å². The molecule has 0 aromatic heterocycles. The van der Waals surface area contributed by atoms with E-state index in [1.54, 1.807) is 4.90 Å². The van der Waals surface area contributed by atoms with Crippen LogP contribution in [-0.4, -0.2) is 53.6 Å². The summed E-state index contributed by atoms with van der Waals surface area (Å²) in [5.41, 5.74) is 4.54. The molecule has 96 valence electrons. The van der Waals surface area contributed by atoms with Crippen molar-refractivity contribution in [1.29, 1.82) is 0 Å². The van der Waals surface area contributed by atoms with Crippen molar-refractivity contribution in [3.8, 4) is 0 Å². The van der Waals surface area contributed by atoms with Crippen molar-refractivity contribution in [2.45, 2.75) is 24.8 Å². The van der Waals surface area contributed by atoms with Crippen LogP contribution in [0.4, 0.5) is 0 Å². The number of hydrogen-bond donors (Lipinski definition) is 3. The number of carboxylic acid groups (broad SMARTS) is 1. The number of carbonyl (C=O) groups is 2. The Labute approximate surface area is 100 Å². The van der Waals surface area contributed by atoms with E-state index >= 15 is 0 Å². The number of nitrogens with one attached hydrogen (secondary N) is 1. The van der Waals surface area contributed by atoms with Crippen LogP contribution in [0.3, 0.4) is 0 Å². The maximum Gasteiger partial charge on any atom is 0.325 e. The number of likely N-dealkylation sites (tertiary alicyclic amines) is 1. The second-order valence-electron chi connectivity index (χ2n) is 5.17. The highest BCUT2D eigenvalue weighted by Crippen LogP contribution is 2.27. The predicted molar refractivity (Wildman–Crippen MR) is 61.3 cm³/mol. The summed E-state index contributed by atoms with van der Waals surface area (Å²) < 4.78 is 0. The Bertz CT molecular complexity index is 330. The maximum atomic E-state index is 11.6. The molecule has 6 heteroatoms. The lowest BCUT2D eigenvalue weighted by Gasteiger charge is -2.19. The number of hydrogen-bond acceptors (Lipinski definition) is 4. The topological polar surface area (TPSA) is 95.7 Å². The van der Waals surface area contributed by atoms with Crippen molar-refractivity contribution in [3.63, 3.8) is 0 Å². The van der Waals surface area contributed by atoms with Crippen molar-refractivity contribution in [2.24, 2.45) is 11.7 Å². The molecule has 1 saturated carbocycles. The van der Waals surface area contributed by atoms with E-state index in [4.69, 9.17) is 10.8 Å². The molecule has 1 amide bonds. The summed E-state index contributed by atoms with van der Waals surface area (Å²) in [6.45, 7) is 1.82. The minimum atomic E-state index is -1.18. The molecule has 1 aliphatic carbocycles. The van der Waals surface area contributed by atoms with Gasteiger partial charge in [-0.3, -0.25) is 14.5 Å². The van der Waals surface area contributed by atoms with Crippen LogP contribution in [0, 0.1) is 5.92 Å². The van der Waals surface area contributed by atoms with E-state index in [1.807, 2.05) is 0 Å². The highest BCUT2D eigenvalue weighted by Gasteiger charge is 2.41. The van der Waals surface area contributed by atoms with Gasteiger partial charge in [-0.2, -0.15) is 0 Å². The van der Waals surface area contributed by atoms with Crippen LogP contribution in [0.15, 0.2) is 0 Å². The van der Waals surface area contributed by atoms with Crippen LogP contribution < -0.4 is 11.1 Å². The Morgan fingerprint density at radius 3 is 2.71 bits per heavy atom. The molecule has 0 spiro atoms. The fourth-order valence-electron chi connectivity index (χ4n) is 2.06. The van der Waals surface area contributed by atoms with Gasteiger partial charge in [0.05, 0.1) is 6.54 Å². The number of nitrogens with zero attached hydrogens (tertiary/aromatic N) is 1. The monoisotopic (exact) mass is 241 g/mol. The van der Waals surface area contributed by atoms with Gasteiger partial charge >= 0.3 is 5.97 Å². The van der Waals surface area contributed by atoms with Gasteiger partial charge in [0, 0.05) is 19.6 Å². The Kier molecular flexibility index (Phi) is 3.35. The average Bonchev–Trinajstić information content (AvgIpc) is 3.01. The van der Waals surface area contributed by atoms with Crippen molar-refractivity contribution in [3.05, 3.63) is 0 Å². The SMILES string of the molecule is NC1(C(=O)O)CCN(CC(=O)NCC2CC2)C1. The van der Waals surface area contributed by atoms with Crippen LogP contribution in [0.2, 0.25) is 0 Å². The number of carbonyl (C=O) groups excluding carboxylic acids is 1. The molecule has 0 bridgehead atoms. The zero-order valence-corrected chi connectivity index (χ0v) is 9.82. The first-order chi connectivity index (χ1) is 7.99. The van der Waals surface area contributed by atoms with Gasteiger partial charge in [-0.25, -0.2) is 0 Å². The molecule has 17 heavy (non-hydrogen) atoms. The van der Waals surface area contributed by atoms with Crippen molar-refractivity contribution >= 4 is 11.9 Å². The lowest BCUT2D eigenvalue weighted by atomic mass is 10.0. The summed E-state index contributed by atoms with van der Waals surface area (Å²) in [5.74, 6) is -0.366. The standard InChI is InChI=1S/C11H19N3O3/c12-11(10(16)17)3-4-14(7-11)6-9(15)13-5-8-1-2-8/h8H,1-7,12H2,(H,13,15)(H,16,17). The Morgan fingerprint density at radius 2 is 2.18 bits per heavy atom. The highest BCUT2D eigenvalue weighted by atomic mass is 16.4. The van der Waals surface area contributed by atoms with E-state index in [1.165, 1.54) is 12.8 Å². The molecule has 0 aromatic rings. The van der Waals surface area contributed by atoms with Gasteiger partial charge in [-0.15, -0.1) is 0 Å². The first-order valence-electron chi connectivity index (χ1n) is 6.01. The van der Waals surface area contributed by atoms with Crippen LogP contribution in [-0.2, 0) is 9.59 Å². The molecule has 2 rings (SSSR count). The molecule has 2 aliphatic rings. The van der Waals surface area contributed by atoms with Gasteiger partial charge in [0.15, 0.2) is 0 Å². The highest BCUT2D eigenvalue weighted by molar-refractivity contribution is 5.80. The minimum Gasteiger partial charge on any atom is -0.480 e. The third-order valence-corrected chi connectivity index (χ3v) is 3.46. The zero-order chi connectivity index (χ0) is 12.5. The van der Waals surface area contributed by atoms with Gasteiger partial charge in [0.2, 0.25) is 5.91 Å². The second kappa shape index (κ2) is 4.62. The van der Waals surface area contributed by atoms with E-state index < -0.39 is 11.5 Å². The van der Waals surface area contributed by atoms with Gasteiger partial charge in [0.25, 0.3) is 0 Å². The smallest absolute Gasteiger partial charge is 0.325 e. The largest absolute Gasteiger partial charge is 0.480 e. The molecule has 1 heterocycles. The first-order valence-corrected chi connectivity index (χ1v) is 6.01. The summed E-state index contributed by atoms with van der Waals surface area (Å²) in [4.78, 5) is 24.3. The molecule has 0 radical (unpaired) electrons. The molecule has 4 N–H and O–H groups in total. The summed E-state index contributed by atoms with van der Waals surface area (Å²) in [7, 11) is 0. The first kappa shape index (κ1) is 12.3. The zero-order valence-electron chi connectivity index (χ0n) is 9.82. The van der Waals surface area contributed by atoms with Crippen molar-refractivity contribution in [1.82, 2.24) is 10.2 Å². The van der Waals surface area contributed by atoms with E-state index in [9.17, 15) is 9.59 Å². The summed E-state index contributed by atoms with van der Waals surface area (Å²) in [6, 6.07) is 0. The number of amides is 1. The molecule has 6 nitrogen and oxygen atoms in total. The van der Waals surface area contributed by atoms with E-state index in [-0.39, 0.29) is 19.0 Å².